The Bertz CT molecular complexity index is 147. The van der Waals surface area contributed by atoms with Gasteiger partial charge in [0, 0.05) is 6.54 Å². The SMILES string of the molecule is CCCN1C[C@H](CC)[C@@H](CC)C1N. The average molecular weight is 184 g/mol. The first-order valence-corrected chi connectivity index (χ1v) is 5.74. The number of hydrogen-bond acceptors (Lipinski definition) is 2. The van der Waals surface area contributed by atoms with Crippen LogP contribution < -0.4 is 5.73 Å². The Morgan fingerprint density at radius 2 is 1.92 bits per heavy atom. The fourth-order valence-electron chi connectivity index (χ4n) is 2.64. The highest BCUT2D eigenvalue weighted by Crippen LogP contribution is 2.31. The molecule has 1 fully saturated rings. The molecular weight excluding hydrogens is 160 g/mol. The molecule has 13 heavy (non-hydrogen) atoms. The van der Waals surface area contributed by atoms with Gasteiger partial charge in [-0.25, -0.2) is 0 Å². The van der Waals surface area contributed by atoms with Gasteiger partial charge in [-0.2, -0.15) is 0 Å². The lowest BCUT2D eigenvalue weighted by molar-refractivity contribution is 0.228. The lowest BCUT2D eigenvalue weighted by atomic mass is 9.90. The van der Waals surface area contributed by atoms with Crippen molar-refractivity contribution in [2.75, 3.05) is 13.1 Å². The molecule has 0 saturated carbocycles. The van der Waals surface area contributed by atoms with E-state index in [9.17, 15) is 0 Å². The van der Waals surface area contributed by atoms with Crippen LogP contribution in [0, 0.1) is 11.8 Å². The maximum absolute atomic E-state index is 6.21. The van der Waals surface area contributed by atoms with Crippen molar-refractivity contribution in [1.29, 1.82) is 0 Å². The summed E-state index contributed by atoms with van der Waals surface area (Å²) in [6, 6.07) is 0. The third-order valence-corrected chi connectivity index (χ3v) is 3.44. The van der Waals surface area contributed by atoms with Gasteiger partial charge in [-0.05, 0) is 24.8 Å². The number of nitrogens with two attached hydrogens (primary N) is 1. The highest BCUT2D eigenvalue weighted by atomic mass is 15.2. The van der Waals surface area contributed by atoms with Gasteiger partial charge in [0.15, 0.2) is 0 Å². The summed E-state index contributed by atoms with van der Waals surface area (Å²) in [7, 11) is 0. The van der Waals surface area contributed by atoms with Gasteiger partial charge in [0.05, 0.1) is 6.17 Å². The molecule has 78 valence electrons. The van der Waals surface area contributed by atoms with Crippen molar-refractivity contribution in [1.82, 2.24) is 4.90 Å². The summed E-state index contributed by atoms with van der Waals surface area (Å²) in [6.45, 7) is 9.18. The van der Waals surface area contributed by atoms with Gasteiger partial charge in [0.25, 0.3) is 0 Å². The second-order valence-corrected chi connectivity index (χ2v) is 4.23. The maximum Gasteiger partial charge on any atom is 0.0603 e. The van der Waals surface area contributed by atoms with Crippen molar-refractivity contribution < 1.29 is 0 Å². The van der Waals surface area contributed by atoms with E-state index >= 15 is 0 Å². The Morgan fingerprint density at radius 3 is 2.31 bits per heavy atom. The van der Waals surface area contributed by atoms with E-state index in [4.69, 9.17) is 5.73 Å². The topological polar surface area (TPSA) is 29.3 Å². The van der Waals surface area contributed by atoms with Gasteiger partial charge in [0.1, 0.15) is 0 Å². The van der Waals surface area contributed by atoms with Crippen molar-refractivity contribution in [3.05, 3.63) is 0 Å². The molecule has 0 aliphatic carbocycles. The summed E-state index contributed by atoms with van der Waals surface area (Å²) in [5.41, 5.74) is 6.21. The van der Waals surface area contributed by atoms with Crippen molar-refractivity contribution >= 4 is 0 Å². The lowest BCUT2D eigenvalue weighted by Crippen LogP contribution is -2.40. The van der Waals surface area contributed by atoms with Gasteiger partial charge < -0.3 is 5.73 Å². The van der Waals surface area contributed by atoms with Gasteiger partial charge in [-0.3, -0.25) is 4.90 Å². The van der Waals surface area contributed by atoms with Crippen LogP contribution in [0.4, 0.5) is 0 Å². The van der Waals surface area contributed by atoms with Crippen molar-refractivity contribution in [2.45, 2.75) is 46.2 Å². The Kier molecular flexibility index (Phi) is 4.20. The van der Waals surface area contributed by atoms with Gasteiger partial charge in [0.2, 0.25) is 0 Å². The first-order valence-electron chi connectivity index (χ1n) is 5.74. The van der Waals surface area contributed by atoms with Crippen molar-refractivity contribution in [3.63, 3.8) is 0 Å². The number of rotatable bonds is 4. The van der Waals surface area contributed by atoms with E-state index in [1.807, 2.05) is 0 Å². The largest absolute Gasteiger partial charge is 0.315 e. The molecule has 1 unspecified atom stereocenters. The minimum atomic E-state index is 0.329. The molecule has 1 saturated heterocycles. The molecule has 1 heterocycles. The normalized spacial score (nSPS) is 35.5. The molecule has 0 bridgehead atoms. The molecule has 2 N–H and O–H groups in total. The van der Waals surface area contributed by atoms with E-state index in [0.29, 0.717) is 6.17 Å². The van der Waals surface area contributed by atoms with Crippen LogP contribution in [0.15, 0.2) is 0 Å². The molecule has 0 aromatic carbocycles. The lowest BCUT2D eigenvalue weighted by Gasteiger charge is -2.23. The van der Waals surface area contributed by atoms with Gasteiger partial charge in [-0.1, -0.05) is 33.6 Å². The molecule has 0 aromatic rings. The second kappa shape index (κ2) is 4.97. The molecule has 0 amide bonds. The van der Waals surface area contributed by atoms with Crippen molar-refractivity contribution in [3.8, 4) is 0 Å². The Balaban J connectivity index is 2.54. The third-order valence-electron chi connectivity index (χ3n) is 3.44. The molecule has 1 rings (SSSR count). The summed E-state index contributed by atoms with van der Waals surface area (Å²) in [6.07, 6.45) is 4.07. The molecule has 2 heteroatoms. The standard InChI is InChI=1S/C11H24N2/c1-4-7-13-8-9(5-2)10(6-3)11(13)12/h9-11H,4-8,12H2,1-3H3/t9-,10+,11?/m0/s1. The highest BCUT2D eigenvalue weighted by Gasteiger charge is 2.36. The van der Waals surface area contributed by atoms with Crippen LogP contribution in [0.3, 0.4) is 0 Å². The predicted molar refractivity (Wildman–Crippen MR) is 57.4 cm³/mol. The fourth-order valence-corrected chi connectivity index (χ4v) is 2.64. The monoisotopic (exact) mass is 184 g/mol. The predicted octanol–water partition coefficient (Wildman–Crippen LogP) is 2.05. The molecular formula is C11H24N2. The zero-order valence-electron chi connectivity index (χ0n) is 9.29. The number of likely N-dealkylation sites (tertiary alicyclic amines) is 1. The van der Waals surface area contributed by atoms with Crippen LogP contribution in [-0.2, 0) is 0 Å². The van der Waals surface area contributed by atoms with Gasteiger partial charge in [-0.15, -0.1) is 0 Å². The number of hydrogen-bond donors (Lipinski definition) is 1. The summed E-state index contributed by atoms with van der Waals surface area (Å²) >= 11 is 0. The smallest absolute Gasteiger partial charge is 0.0603 e. The van der Waals surface area contributed by atoms with Crippen LogP contribution in [0.5, 0.6) is 0 Å². The average Bonchev–Trinajstić information content (AvgIpc) is 2.44. The zero-order valence-corrected chi connectivity index (χ0v) is 9.29. The molecule has 2 nitrogen and oxygen atoms in total. The van der Waals surface area contributed by atoms with Crippen LogP contribution in [0.1, 0.15) is 40.0 Å². The van der Waals surface area contributed by atoms with Crippen LogP contribution in [0.2, 0.25) is 0 Å². The Labute approximate surface area is 82.5 Å². The Morgan fingerprint density at radius 1 is 1.23 bits per heavy atom. The summed E-state index contributed by atoms with van der Waals surface area (Å²) in [5.74, 6) is 1.57. The highest BCUT2D eigenvalue weighted by molar-refractivity contribution is 4.88. The molecule has 0 radical (unpaired) electrons. The fraction of sp³-hybridized carbons (Fsp3) is 1.00. The third kappa shape index (κ3) is 2.23. The molecule has 3 atom stereocenters. The number of nitrogens with zero attached hydrogens (tertiary/aromatic N) is 1. The van der Waals surface area contributed by atoms with Crippen LogP contribution in [-0.4, -0.2) is 24.2 Å². The summed E-state index contributed by atoms with van der Waals surface area (Å²) < 4.78 is 0. The quantitative estimate of drug-likeness (QED) is 0.724. The zero-order chi connectivity index (χ0) is 9.84. The first kappa shape index (κ1) is 11.0. The van der Waals surface area contributed by atoms with Crippen LogP contribution in [0.25, 0.3) is 0 Å². The van der Waals surface area contributed by atoms with Gasteiger partial charge >= 0.3 is 0 Å². The van der Waals surface area contributed by atoms with E-state index in [2.05, 4.69) is 25.7 Å². The van der Waals surface area contributed by atoms with E-state index in [1.165, 1.54) is 32.4 Å². The van der Waals surface area contributed by atoms with Crippen LogP contribution >= 0.6 is 0 Å². The molecule has 1 aliphatic rings. The van der Waals surface area contributed by atoms with E-state index in [1.54, 1.807) is 0 Å². The minimum Gasteiger partial charge on any atom is -0.315 e. The maximum atomic E-state index is 6.21. The van der Waals surface area contributed by atoms with E-state index in [0.717, 1.165) is 11.8 Å². The minimum absolute atomic E-state index is 0.329. The molecule has 0 spiro atoms. The van der Waals surface area contributed by atoms with E-state index < -0.39 is 0 Å². The summed E-state index contributed by atoms with van der Waals surface area (Å²) in [4.78, 5) is 2.46. The van der Waals surface area contributed by atoms with E-state index in [-0.39, 0.29) is 0 Å². The summed E-state index contributed by atoms with van der Waals surface area (Å²) in [5, 5.41) is 0. The molecule has 0 aromatic heterocycles. The van der Waals surface area contributed by atoms with Crippen molar-refractivity contribution in [2.24, 2.45) is 17.6 Å². The first-order chi connectivity index (χ1) is 6.24. The molecule has 1 aliphatic heterocycles. The Hall–Kier alpha value is -0.0800. The second-order valence-electron chi connectivity index (χ2n) is 4.23.